The van der Waals surface area contributed by atoms with Crippen molar-refractivity contribution in [3.05, 3.63) is 39.7 Å². The van der Waals surface area contributed by atoms with E-state index in [2.05, 4.69) is 20.7 Å². The molecule has 0 amide bonds. The molecular formula is C11H10BrNO6S2. The van der Waals surface area contributed by atoms with Crippen molar-refractivity contribution < 1.29 is 26.7 Å². The molecule has 1 aromatic rings. The summed E-state index contributed by atoms with van der Waals surface area (Å²) in [4.78, 5) is 10.6. The summed E-state index contributed by atoms with van der Waals surface area (Å²) in [7, 11) is -7.35. The SMILES string of the molecule is O=C(O)c1ccc(S(=O)(=O)NC2C=CS(=O)(=O)C2)c(Br)c1. The summed E-state index contributed by atoms with van der Waals surface area (Å²) in [5.41, 5.74) is -0.0656. The Balaban J connectivity index is 2.29. The number of hydrogen-bond donors (Lipinski definition) is 2. The second-order valence-electron chi connectivity index (χ2n) is 4.34. The average Bonchev–Trinajstić information content (AvgIpc) is 2.67. The van der Waals surface area contributed by atoms with Crippen LogP contribution in [0, 0.1) is 0 Å². The molecule has 2 rings (SSSR count). The Morgan fingerprint density at radius 1 is 1.38 bits per heavy atom. The van der Waals surface area contributed by atoms with Crippen molar-refractivity contribution in [1.29, 1.82) is 0 Å². The second kappa shape index (κ2) is 5.52. The zero-order chi connectivity index (χ0) is 15.8. The molecule has 0 saturated carbocycles. The molecule has 0 aromatic heterocycles. The first-order valence-electron chi connectivity index (χ1n) is 5.57. The average molecular weight is 396 g/mol. The highest BCUT2D eigenvalue weighted by atomic mass is 79.9. The van der Waals surface area contributed by atoms with E-state index in [1.54, 1.807) is 0 Å². The largest absolute Gasteiger partial charge is 0.478 e. The Morgan fingerprint density at radius 3 is 2.52 bits per heavy atom. The first-order chi connectivity index (χ1) is 9.61. The van der Waals surface area contributed by atoms with Crippen LogP contribution in [0.2, 0.25) is 0 Å². The minimum Gasteiger partial charge on any atom is -0.478 e. The Hall–Kier alpha value is -1.23. The number of aromatic carboxylic acids is 1. The van der Waals surface area contributed by atoms with Crippen molar-refractivity contribution in [3.8, 4) is 0 Å². The fraction of sp³-hybridized carbons (Fsp3) is 0.182. The maximum absolute atomic E-state index is 12.2. The normalized spacial score (nSPS) is 20.5. The lowest BCUT2D eigenvalue weighted by atomic mass is 10.2. The summed E-state index contributed by atoms with van der Waals surface area (Å²) >= 11 is 3.00. The van der Waals surface area contributed by atoms with Gasteiger partial charge in [0.2, 0.25) is 10.0 Å². The van der Waals surface area contributed by atoms with Crippen LogP contribution >= 0.6 is 15.9 Å². The summed E-state index contributed by atoms with van der Waals surface area (Å²) in [5.74, 6) is -1.52. The summed E-state index contributed by atoms with van der Waals surface area (Å²) in [5, 5.41) is 9.79. The highest BCUT2D eigenvalue weighted by Crippen LogP contribution is 2.24. The predicted molar refractivity (Wildman–Crippen MR) is 78.1 cm³/mol. The van der Waals surface area contributed by atoms with Crippen LogP contribution in [0.3, 0.4) is 0 Å². The zero-order valence-corrected chi connectivity index (χ0v) is 13.6. The molecule has 1 aromatic carbocycles. The maximum atomic E-state index is 12.2. The number of sulfonamides is 1. The number of nitrogens with one attached hydrogen (secondary N) is 1. The number of halogens is 1. The molecule has 114 valence electrons. The molecule has 0 spiro atoms. The molecule has 1 heterocycles. The van der Waals surface area contributed by atoms with Gasteiger partial charge in [-0.3, -0.25) is 0 Å². The highest BCUT2D eigenvalue weighted by molar-refractivity contribution is 9.10. The van der Waals surface area contributed by atoms with Gasteiger partial charge in [-0.15, -0.1) is 0 Å². The molecule has 0 radical (unpaired) electrons. The van der Waals surface area contributed by atoms with Gasteiger partial charge in [-0.05, 0) is 34.1 Å². The van der Waals surface area contributed by atoms with Gasteiger partial charge in [0.05, 0.1) is 22.3 Å². The number of sulfone groups is 1. The van der Waals surface area contributed by atoms with E-state index in [0.29, 0.717) is 0 Å². The molecule has 0 saturated heterocycles. The van der Waals surface area contributed by atoms with Gasteiger partial charge in [0.15, 0.2) is 9.84 Å². The summed E-state index contributed by atoms with van der Waals surface area (Å²) < 4.78 is 49.2. The van der Waals surface area contributed by atoms with Gasteiger partial charge in [-0.25, -0.2) is 26.4 Å². The maximum Gasteiger partial charge on any atom is 0.335 e. The second-order valence-corrected chi connectivity index (χ2v) is 8.80. The lowest BCUT2D eigenvalue weighted by Crippen LogP contribution is -2.35. The molecule has 7 nitrogen and oxygen atoms in total. The van der Waals surface area contributed by atoms with Crippen LogP contribution in [0.25, 0.3) is 0 Å². The van der Waals surface area contributed by atoms with Crippen molar-refractivity contribution in [2.45, 2.75) is 10.9 Å². The van der Waals surface area contributed by atoms with Crippen molar-refractivity contribution in [2.75, 3.05) is 5.75 Å². The van der Waals surface area contributed by atoms with Gasteiger partial charge < -0.3 is 5.11 Å². The number of rotatable bonds is 4. The first kappa shape index (κ1) is 16.1. The molecule has 1 aliphatic rings. The van der Waals surface area contributed by atoms with Crippen LogP contribution < -0.4 is 4.72 Å². The first-order valence-corrected chi connectivity index (χ1v) is 9.56. The van der Waals surface area contributed by atoms with E-state index in [1.165, 1.54) is 6.08 Å². The molecule has 2 N–H and O–H groups in total. The monoisotopic (exact) mass is 395 g/mol. The molecule has 21 heavy (non-hydrogen) atoms. The third kappa shape index (κ3) is 3.70. The van der Waals surface area contributed by atoms with Gasteiger partial charge in [-0.2, -0.15) is 0 Å². The van der Waals surface area contributed by atoms with Crippen LogP contribution in [0.15, 0.2) is 39.1 Å². The molecule has 0 aliphatic carbocycles. The summed E-state index contributed by atoms with van der Waals surface area (Å²) in [6.45, 7) is 0. The minimum absolute atomic E-state index is 0.0656. The zero-order valence-electron chi connectivity index (χ0n) is 10.4. The molecule has 10 heteroatoms. The van der Waals surface area contributed by atoms with E-state index < -0.39 is 31.9 Å². The molecule has 1 atom stereocenters. The predicted octanol–water partition coefficient (Wildman–Crippen LogP) is 0.736. The van der Waals surface area contributed by atoms with Crippen molar-refractivity contribution in [1.82, 2.24) is 4.72 Å². The van der Waals surface area contributed by atoms with Crippen LogP contribution in [0.4, 0.5) is 0 Å². The lowest BCUT2D eigenvalue weighted by molar-refractivity contribution is 0.0696. The van der Waals surface area contributed by atoms with E-state index in [1.807, 2.05) is 0 Å². The topological polar surface area (TPSA) is 118 Å². The lowest BCUT2D eigenvalue weighted by Gasteiger charge is -2.12. The minimum atomic E-state index is -3.97. The Labute approximate surface area is 129 Å². The number of benzene rings is 1. The van der Waals surface area contributed by atoms with Crippen LogP contribution in [0.5, 0.6) is 0 Å². The fourth-order valence-corrected chi connectivity index (χ4v) is 5.37. The van der Waals surface area contributed by atoms with Crippen LogP contribution in [-0.4, -0.2) is 39.7 Å². The molecule has 1 unspecified atom stereocenters. The highest BCUT2D eigenvalue weighted by Gasteiger charge is 2.28. The quantitative estimate of drug-likeness (QED) is 0.775. The van der Waals surface area contributed by atoms with Gasteiger partial charge in [-0.1, -0.05) is 6.08 Å². The number of carbonyl (C=O) groups is 1. The van der Waals surface area contributed by atoms with E-state index in [0.717, 1.165) is 23.6 Å². The summed E-state index contributed by atoms with van der Waals surface area (Å²) in [6.07, 6.45) is 1.26. The molecule has 0 bridgehead atoms. The smallest absolute Gasteiger partial charge is 0.335 e. The van der Waals surface area contributed by atoms with E-state index in [-0.39, 0.29) is 20.7 Å². The summed E-state index contributed by atoms with van der Waals surface area (Å²) in [6, 6.07) is 2.62. The molecule has 1 aliphatic heterocycles. The number of carboxylic acids is 1. The van der Waals surface area contributed by atoms with E-state index >= 15 is 0 Å². The Bertz CT molecular complexity index is 828. The standard InChI is InChI=1S/C11H10BrNO6S2/c12-9-5-7(11(14)15)1-2-10(9)21(18,19)13-8-3-4-20(16,17)6-8/h1-5,8,13H,6H2,(H,14,15). The molecule has 0 fully saturated rings. The van der Waals surface area contributed by atoms with Crippen molar-refractivity contribution in [3.63, 3.8) is 0 Å². The third-order valence-electron chi connectivity index (χ3n) is 2.70. The van der Waals surface area contributed by atoms with Gasteiger partial charge in [0.1, 0.15) is 0 Å². The van der Waals surface area contributed by atoms with E-state index in [4.69, 9.17) is 5.11 Å². The van der Waals surface area contributed by atoms with Gasteiger partial charge >= 0.3 is 5.97 Å². The van der Waals surface area contributed by atoms with Gasteiger partial charge in [0.25, 0.3) is 0 Å². The Morgan fingerprint density at radius 2 is 2.05 bits per heavy atom. The fourth-order valence-electron chi connectivity index (χ4n) is 1.76. The van der Waals surface area contributed by atoms with Crippen LogP contribution in [-0.2, 0) is 19.9 Å². The Kier molecular flexibility index (Phi) is 4.24. The van der Waals surface area contributed by atoms with E-state index in [9.17, 15) is 21.6 Å². The van der Waals surface area contributed by atoms with Crippen LogP contribution in [0.1, 0.15) is 10.4 Å². The number of hydrogen-bond acceptors (Lipinski definition) is 5. The molecular weight excluding hydrogens is 386 g/mol. The van der Waals surface area contributed by atoms with Gasteiger partial charge in [0, 0.05) is 9.88 Å². The van der Waals surface area contributed by atoms with Crippen molar-refractivity contribution >= 4 is 41.8 Å². The number of carboxylic acid groups (broad SMARTS) is 1. The van der Waals surface area contributed by atoms with Crippen molar-refractivity contribution in [2.24, 2.45) is 0 Å². The third-order valence-corrected chi connectivity index (χ3v) is 6.57.